The molecule has 3 N–H and O–H groups in total. The Bertz CT molecular complexity index is 1190. The van der Waals surface area contributed by atoms with Crippen molar-refractivity contribution in [3.63, 3.8) is 0 Å². The lowest BCUT2D eigenvalue weighted by Gasteiger charge is -2.21. The second-order valence-electron chi connectivity index (χ2n) is 6.81. The number of carboxylic acids is 2. The molecule has 0 bridgehead atoms. The van der Waals surface area contributed by atoms with Crippen molar-refractivity contribution in [2.75, 3.05) is 28.4 Å². The maximum absolute atomic E-state index is 13.4. The largest absolute Gasteiger partial charge is 0.493 e. The third-order valence-electron chi connectivity index (χ3n) is 4.66. The van der Waals surface area contributed by atoms with Crippen molar-refractivity contribution in [2.24, 2.45) is 0 Å². The number of rotatable bonds is 12. The Morgan fingerprint density at radius 3 is 2.12 bits per heavy atom. The number of nitrogens with one attached hydrogen (secondary N) is 1. The van der Waals surface area contributed by atoms with Crippen LogP contribution in [-0.4, -0.2) is 59.0 Å². The summed E-state index contributed by atoms with van der Waals surface area (Å²) < 4.78 is 50.0. The predicted molar refractivity (Wildman–Crippen MR) is 121 cm³/mol. The first-order valence-corrected chi connectivity index (χ1v) is 11.2. The molecule has 2 aromatic carbocycles. The minimum absolute atomic E-state index is 0.0383. The van der Waals surface area contributed by atoms with Gasteiger partial charge in [0.25, 0.3) is 0 Å². The van der Waals surface area contributed by atoms with Crippen LogP contribution in [0, 0.1) is 0 Å². The van der Waals surface area contributed by atoms with Gasteiger partial charge >= 0.3 is 11.9 Å². The molecule has 0 heterocycles. The van der Waals surface area contributed by atoms with Crippen LogP contribution in [0.25, 0.3) is 6.08 Å². The lowest BCUT2D eigenvalue weighted by Crippen LogP contribution is -2.30. The number of methoxy groups -OCH3 is 4. The SMILES string of the molecule is COc1ccc([C@@H](CC(=O)O)NS(=O)(=O)c2cc(/C=C/C(=O)O)cc(OC)c2OC)cc1OC. The van der Waals surface area contributed by atoms with Gasteiger partial charge in [0.15, 0.2) is 23.0 Å². The summed E-state index contributed by atoms with van der Waals surface area (Å²) in [5.41, 5.74) is 0.526. The van der Waals surface area contributed by atoms with Gasteiger partial charge in [0.05, 0.1) is 40.9 Å². The van der Waals surface area contributed by atoms with Crippen molar-refractivity contribution in [1.29, 1.82) is 0 Å². The molecule has 0 aliphatic rings. The predicted octanol–water partition coefficient (Wildman–Crippen LogP) is 2.31. The van der Waals surface area contributed by atoms with Gasteiger partial charge in [-0.1, -0.05) is 6.07 Å². The summed E-state index contributed by atoms with van der Waals surface area (Å²) in [6, 6.07) is 5.92. The summed E-state index contributed by atoms with van der Waals surface area (Å²) in [5, 5.41) is 18.3. The number of ether oxygens (including phenoxy) is 4. The Balaban J connectivity index is 2.61. The highest BCUT2D eigenvalue weighted by Crippen LogP contribution is 2.37. The van der Waals surface area contributed by atoms with E-state index in [0.717, 1.165) is 6.08 Å². The van der Waals surface area contributed by atoms with Crippen molar-refractivity contribution in [3.05, 3.63) is 47.5 Å². The molecule has 0 amide bonds. The summed E-state index contributed by atoms with van der Waals surface area (Å²) in [6.45, 7) is 0. The van der Waals surface area contributed by atoms with Crippen LogP contribution in [0.2, 0.25) is 0 Å². The van der Waals surface area contributed by atoms with Gasteiger partial charge in [0.2, 0.25) is 10.0 Å². The summed E-state index contributed by atoms with van der Waals surface area (Å²) in [6.07, 6.45) is 1.45. The molecule has 0 aliphatic heterocycles. The van der Waals surface area contributed by atoms with E-state index in [4.69, 9.17) is 24.1 Å². The number of benzene rings is 2. The summed E-state index contributed by atoms with van der Waals surface area (Å²) >= 11 is 0. The fraction of sp³-hybridized carbons (Fsp3) is 0.273. The molecule has 11 nitrogen and oxygen atoms in total. The van der Waals surface area contributed by atoms with Crippen LogP contribution in [-0.2, 0) is 19.6 Å². The maximum atomic E-state index is 13.4. The number of carboxylic acid groups (broad SMARTS) is 2. The first kappa shape index (κ1) is 26.5. The molecule has 1 atom stereocenters. The zero-order chi connectivity index (χ0) is 25.5. The van der Waals surface area contributed by atoms with Gasteiger partial charge in [0.1, 0.15) is 4.90 Å². The number of sulfonamides is 1. The number of aliphatic carboxylic acids is 2. The number of hydrogen-bond acceptors (Lipinski definition) is 8. The Kier molecular flexibility index (Phi) is 8.87. The Morgan fingerprint density at radius 1 is 0.941 bits per heavy atom. The van der Waals surface area contributed by atoms with Crippen molar-refractivity contribution in [3.8, 4) is 23.0 Å². The molecule has 34 heavy (non-hydrogen) atoms. The van der Waals surface area contributed by atoms with Gasteiger partial charge in [-0.15, -0.1) is 0 Å². The summed E-state index contributed by atoms with van der Waals surface area (Å²) in [5.74, 6) is -1.90. The van der Waals surface area contributed by atoms with Crippen molar-refractivity contribution in [2.45, 2.75) is 17.4 Å². The van der Waals surface area contributed by atoms with E-state index in [1.165, 1.54) is 64.8 Å². The van der Waals surface area contributed by atoms with E-state index in [-0.39, 0.29) is 27.7 Å². The molecule has 0 aliphatic carbocycles. The Hall–Kier alpha value is -3.77. The number of carbonyl (C=O) groups is 2. The molecule has 0 saturated heterocycles. The van der Waals surface area contributed by atoms with E-state index < -0.39 is 34.4 Å². The second-order valence-corrected chi connectivity index (χ2v) is 8.49. The van der Waals surface area contributed by atoms with Crippen LogP contribution >= 0.6 is 0 Å². The topological polar surface area (TPSA) is 158 Å². The molecule has 0 unspecified atom stereocenters. The molecule has 2 rings (SSSR count). The zero-order valence-corrected chi connectivity index (χ0v) is 19.7. The third kappa shape index (κ3) is 6.39. The zero-order valence-electron chi connectivity index (χ0n) is 18.9. The Morgan fingerprint density at radius 2 is 1.59 bits per heavy atom. The highest BCUT2D eigenvalue weighted by atomic mass is 32.2. The molecule has 0 spiro atoms. The molecule has 12 heteroatoms. The minimum atomic E-state index is -4.40. The lowest BCUT2D eigenvalue weighted by atomic mass is 10.0. The molecule has 0 aromatic heterocycles. The standard InChI is InChI=1S/C22H25NO10S/c1-30-16-7-6-14(11-17(16)31-2)15(12-21(26)27)23-34(28,29)19-10-13(5-8-20(24)25)9-18(32-3)22(19)33-4/h5-11,15,23H,12H2,1-4H3,(H,24,25)(H,26,27)/b8-5+/t15-/m1/s1. The van der Waals surface area contributed by atoms with Crippen LogP contribution in [0.1, 0.15) is 23.6 Å². The molecule has 0 radical (unpaired) electrons. The van der Waals surface area contributed by atoms with Crippen LogP contribution in [0.15, 0.2) is 41.3 Å². The summed E-state index contributed by atoms with van der Waals surface area (Å²) in [7, 11) is 0.966. The third-order valence-corrected chi connectivity index (χ3v) is 6.14. The second kappa shape index (κ2) is 11.4. The van der Waals surface area contributed by atoms with E-state index in [2.05, 4.69) is 4.72 Å². The van der Waals surface area contributed by atoms with Crippen molar-refractivity contribution >= 4 is 28.0 Å². The fourth-order valence-electron chi connectivity index (χ4n) is 3.14. The first-order valence-electron chi connectivity index (χ1n) is 9.69. The van der Waals surface area contributed by atoms with Crippen LogP contribution in [0.4, 0.5) is 0 Å². The average molecular weight is 496 g/mol. The van der Waals surface area contributed by atoms with Gasteiger partial charge in [-0.05, 0) is 41.5 Å². The van der Waals surface area contributed by atoms with E-state index in [1.807, 2.05) is 0 Å². The van der Waals surface area contributed by atoms with Gasteiger partial charge < -0.3 is 29.2 Å². The smallest absolute Gasteiger partial charge is 0.328 e. The summed E-state index contributed by atoms with van der Waals surface area (Å²) in [4.78, 5) is 22.0. The van der Waals surface area contributed by atoms with Gasteiger partial charge in [-0.2, -0.15) is 0 Å². The molecular weight excluding hydrogens is 470 g/mol. The molecule has 2 aromatic rings. The minimum Gasteiger partial charge on any atom is -0.493 e. The monoisotopic (exact) mass is 495 g/mol. The Labute approximate surface area is 196 Å². The van der Waals surface area contributed by atoms with Crippen LogP contribution in [0.5, 0.6) is 23.0 Å². The highest BCUT2D eigenvalue weighted by Gasteiger charge is 2.29. The van der Waals surface area contributed by atoms with Gasteiger partial charge in [-0.25, -0.2) is 17.9 Å². The average Bonchev–Trinajstić information content (AvgIpc) is 2.80. The van der Waals surface area contributed by atoms with Gasteiger partial charge in [0, 0.05) is 6.08 Å². The highest BCUT2D eigenvalue weighted by molar-refractivity contribution is 7.89. The molecular formula is C22H25NO10S. The van der Waals surface area contributed by atoms with Crippen LogP contribution in [0.3, 0.4) is 0 Å². The van der Waals surface area contributed by atoms with Crippen molar-refractivity contribution < 1.29 is 47.2 Å². The van der Waals surface area contributed by atoms with E-state index in [9.17, 15) is 23.1 Å². The normalized spacial score (nSPS) is 12.2. The fourth-order valence-corrected chi connectivity index (χ4v) is 4.58. The van der Waals surface area contributed by atoms with Crippen LogP contribution < -0.4 is 23.7 Å². The van der Waals surface area contributed by atoms with Gasteiger partial charge in [-0.3, -0.25) is 4.79 Å². The van der Waals surface area contributed by atoms with E-state index >= 15 is 0 Å². The quantitative estimate of drug-likeness (QED) is 0.373. The first-order chi connectivity index (χ1) is 16.1. The lowest BCUT2D eigenvalue weighted by molar-refractivity contribution is -0.137. The van der Waals surface area contributed by atoms with Crippen molar-refractivity contribution in [1.82, 2.24) is 4.72 Å². The molecule has 0 saturated carbocycles. The number of hydrogen-bond donors (Lipinski definition) is 3. The van der Waals surface area contributed by atoms with E-state index in [1.54, 1.807) is 0 Å². The molecule has 0 fully saturated rings. The molecule has 184 valence electrons. The maximum Gasteiger partial charge on any atom is 0.328 e. The van der Waals surface area contributed by atoms with E-state index in [0.29, 0.717) is 11.3 Å².